The molecule has 1 aromatic carbocycles. The average Bonchev–Trinajstić information content (AvgIpc) is 3.33. The number of likely N-dealkylation sites (tertiary alicyclic amines) is 1. The number of carbonyl (C=O) groups excluding carboxylic acids is 2. The highest BCUT2D eigenvalue weighted by molar-refractivity contribution is 7.99. The Kier molecular flexibility index (Phi) is 5.84. The highest BCUT2D eigenvalue weighted by Gasteiger charge is 2.26. The summed E-state index contributed by atoms with van der Waals surface area (Å²) < 4.78 is 21.5. The fourth-order valence-corrected chi connectivity index (χ4v) is 3.34. The van der Waals surface area contributed by atoms with Gasteiger partial charge >= 0.3 is 0 Å². The molecule has 3 rings (SSSR count). The van der Waals surface area contributed by atoms with Crippen LogP contribution < -0.4 is 14.2 Å². The number of hydrogen-bond donors (Lipinski definition) is 0. The topological polar surface area (TPSA) is 104 Å². The van der Waals surface area contributed by atoms with Crippen molar-refractivity contribution in [2.75, 3.05) is 33.6 Å². The Morgan fingerprint density at radius 2 is 1.89 bits per heavy atom. The number of imide groups is 1. The molecule has 0 saturated carbocycles. The van der Waals surface area contributed by atoms with Gasteiger partial charge in [0, 0.05) is 18.5 Å². The number of amides is 2. The molecular formula is C17H19N3O6S. The molecule has 1 saturated heterocycles. The summed E-state index contributed by atoms with van der Waals surface area (Å²) in [4.78, 5) is 25.0. The highest BCUT2D eigenvalue weighted by Crippen LogP contribution is 2.41. The first-order valence-corrected chi connectivity index (χ1v) is 9.15. The number of thioether (sulfide) groups is 1. The zero-order valence-corrected chi connectivity index (χ0v) is 16.0. The molecule has 0 spiro atoms. The first-order chi connectivity index (χ1) is 13.1. The minimum Gasteiger partial charge on any atom is -0.493 e. The van der Waals surface area contributed by atoms with Crippen molar-refractivity contribution in [3.63, 3.8) is 0 Å². The van der Waals surface area contributed by atoms with Crippen molar-refractivity contribution in [2.45, 2.75) is 18.1 Å². The summed E-state index contributed by atoms with van der Waals surface area (Å²) >= 11 is 1.09. The SMILES string of the molecule is COc1cc(-c2nnc(SCC(=O)N3CCCC3=O)o2)cc(OC)c1OC. The fraction of sp³-hybridized carbons (Fsp3) is 0.412. The van der Waals surface area contributed by atoms with Gasteiger partial charge in [-0.15, -0.1) is 10.2 Å². The summed E-state index contributed by atoms with van der Waals surface area (Å²) in [5.74, 6) is 1.30. The molecule has 9 nitrogen and oxygen atoms in total. The quantitative estimate of drug-likeness (QED) is 0.653. The number of ether oxygens (including phenoxy) is 3. The Bertz CT molecular complexity index is 828. The van der Waals surface area contributed by atoms with Gasteiger partial charge < -0.3 is 18.6 Å². The molecule has 144 valence electrons. The van der Waals surface area contributed by atoms with Gasteiger partial charge in [0.1, 0.15) is 0 Å². The van der Waals surface area contributed by atoms with Gasteiger partial charge in [-0.25, -0.2) is 0 Å². The van der Waals surface area contributed by atoms with E-state index in [1.54, 1.807) is 12.1 Å². The monoisotopic (exact) mass is 393 g/mol. The van der Waals surface area contributed by atoms with E-state index >= 15 is 0 Å². The van der Waals surface area contributed by atoms with Crippen LogP contribution in [0.2, 0.25) is 0 Å². The van der Waals surface area contributed by atoms with Crippen molar-refractivity contribution in [1.82, 2.24) is 15.1 Å². The van der Waals surface area contributed by atoms with Crippen molar-refractivity contribution in [2.24, 2.45) is 0 Å². The van der Waals surface area contributed by atoms with Crippen molar-refractivity contribution in [3.8, 4) is 28.7 Å². The van der Waals surface area contributed by atoms with Crippen LogP contribution in [0.1, 0.15) is 12.8 Å². The van der Waals surface area contributed by atoms with Crippen LogP contribution in [0.5, 0.6) is 17.2 Å². The second-order valence-corrected chi connectivity index (χ2v) is 6.55. The number of nitrogens with zero attached hydrogens (tertiary/aromatic N) is 3. The standard InChI is InChI=1S/C17H19N3O6S/c1-23-11-7-10(8-12(24-2)15(11)25-3)16-18-19-17(26-16)27-9-14(22)20-6-4-5-13(20)21/h7-8H,4-6,9H2,1-3H3. The van der Waals surface area contributed by atoms with E-state index in [9.17, 15) is 9.59 Å². The normalized spacial score (nSPS) is 13.7. The lowest BCUT2D eigenvalue weighted by atomic mass is 10.2. The molecule has 1 aliphatic rings. The summed E-state index contributed by atoms with van der Waals surface area (Å²) in [6.45, 7) is 0.471. The largest absolute Gasteiger partial charge is 0.493 e. The van der Waals surface area contributed by atoms with E-state index in [0.717, 1.165) is 11.8 Å². The first kappa shape index (κ1) is 19.0. The minimum atomic E-state index is -0.255. The summed E-state index contributed by atoms with van der Waals surface area (Å²) in [7, 11) is 4.55. The molecule has 0 N–H and O–H groups in total. The fourth-order valence-electron chi connectivity index (χ4n) is 2.70. The van der Waals surface area contributed by atoms with Gasteiger partial charge in [-0.1, -0.05) is 11.8 Å². The van der Waals surface area contributed by atoms with E-state index in [4.69, 9.17) is 18.6 Å². The van der Waals surface area contributed by atoms with Gasteiger partial charge in [-0.2, -0.15) is 0 Å². The maximum atomic E-state index is 12.1. The molecule has 0 unspecified atom stereocenters. The smallest absolute Gasteiger partial charge is 0.277 e. The zero-order chi connectivity index (χ0) is 19.4. The van der Waals surface area contributed by atoms with Crippen LogP contribution in [-0.2, 0) is 9.59 Å². The first-order valence-electron chi connectivity index (χ1n) is 8.17. The molecule has 1 aromatic heterocycles. The van der Waals surface area contributed by atoms with Gasteiger partial charge in [-0.3, -0.25) is 14.5 Å². The summed E-state index contributed by atoms with van der Waals surface area (Å²) in [5.41, 5.74) is 0.588. The molecule has 1 fully saturated rings. The van der Waals surface area contributed by atoms with Gasteiger partial charge in [0.25, 0.3) is 5.22 Å². The number of benzene rings is 1. The molecule has 0 atom stereocenters. The number of rotatable bonds is 7. The molecule has 10 heteroatoms. The second kappa shape index (κ2) is 8.30. The van der Waals surface area contributed by atoms with E-state index < -0.39 is 0 Å². The highest BCUT2D eigenvalue weighted by atomic mass is 32.2. The molecule has 1 aliphatic heterocycles. The van der Waals surface area contributed by atoms with E-state index in [-0.39, 0.29) is 28.7 Å². The Balaban J connectivity index is 1.73. The van der Waals surface area contributed by atoms with Gasteiger partial charge in [-0.05, 0) is 18.6 Å². The molecule has 0 aliphatic carbocycles. The summed E-state index contributed by atoms with van der Waals surface area (Å²) in [6, 6.07) is 3.38. The maximum Gasteiger partial charge on any atom is 0.277 e. The lowest BCUT2D eigenvalue weighted by Crippen LogP contribution is -2.33. The number of methoxy groups -OCH3 is 3. The third-order valence-electron chi connectivity index (χ3n) is 4.01. The van der Waals surface area contributed by atoms with Crippen LogP contribution in [0.3, 0.4) is 0 Å². The van der Waals surface area contributed by atoms with E-state index in [1.807, 2.05) is 0 Å². The van der Waals surface area contributed by atoms with Crippen LogP contribution in [-0.4, -0.2) is 60.5 Å². The molecule has 0 bridgehead atoms. The van der Waals surface area contributed by atoms with Crippen LogP contribution in [0.15, 0.2) is 21.8 Å². The second-order valence-electron chi connectivity index (χ2n) is 5.62. The van der Waals surface area contributed by atoms with E-state index in [1.165, 1.54) is 26.2 Å². The van der Waals surface area contributed by atoms with E-state index in [2.05, 4.69) is 10.2 Å². The molecule has 2 aromatic rings. The van der Waals surface area contributed by atoms with Crippen LogP contribution in [0.4, 0.5) is 0 Å². The Morgan fingerprint density at radius 1 is 1.19 bits per heavy atom. The Labute approximate surface area is 160 Å². The molecular weight excluding hydrogens is 374 g/mol. The number of aromatic nitrogens is 2. The van der Waals surface area contributed by atoms with Gasteiger partial charge in [0.2, 0.25) is 23.5 Å². The number of carbonyl (C=O) groups is 2. The number of hydrogen-bond acceptors (Lipinski definition) is 9. The maximum absolute atomic E-state index is 12.1. The third-order valence-corrected chi connectivity index (χ3v) is 4.81. The predicted octanol–water partition coefficient (Wildman–Crippen LogP) is 2.00. The molecule has 27 heavy (non-hydrogen) atoms. The van der Waals surface area contributed by atoms with Gasteiger partial charge in [0.05, 0.1) is 27.1 Å². The van der Waals surface area contributed by atoms with Crippen LogP contribution >= 0.6 is 11.8 Å². The predicted molar refractivity (Wildman–Crippen MR) is 96.1 cm³/mol. The van der Waals surface area contributed by atoms with Crippen molar-refractivity contribution >= 4 is 23.6 Å². The molecule has 2 amide bonds. The zero-order valence-electron chi connectivity index (χ0n) is 15.2. The molecule has 2 heterocycles. The minimum absolute atomic E-state index is 0.0582. The Hall–Kier alpha value is -2.75. The van der Waals surface area contributed by atoms with Crippen molar-refractivity contribution in [1.29, 1.82) is 0 Å². The average molecular weight is 393 g/mol. The summed E-state index contributed by atoms with van der Waals surface area (Å²) in [6.07, 6.45) is 1.13. The van der Waals surface area contributed by atoms with E-state index in [0.29, 0.717) is 42.2 Å². The van der Waals surface area contributed by atoms with Crippen molar-refractivity contribution in [3.05, 3.63) is 12.1 Å². The van der Waals surface area contributed by atoms with Crippen LogP contribution in [0, 0.1) is 0 Å². The van der Waals surface area contributed by atoms with Gasteiger partial charge in [0.15, 0.2) is 11.5 Å². The Morgan fingerprint density at radius 3 is 2.44 bits per heavy atom. The summed E-state index contributed by atoms with van der Waals surface area (Å²) in [5, 5.41) is 8.18. The third kappa shape index (κ3) is 4.00. The lowest BCUT2D eigenvalue weighted by molar-refractivity contribution is -0.140. The molecule has 0 radical (unpaired) electrons. The van der Waals surface area contributed by atoms with Crippen LogP contribution in [0.25, 0.3) is 11.5 Å². The van der Waals surface area contributed by atoms with Crippen molar-refractivity contribution < 1.29 is 28.2 Å². The lowest BCUT2D eigenvalue weighted by Gasteiger charge is -2.12.